The average molecular weight is 255 g/mol. The number of benzene rings is 1. The molecule has 1 N–H and O–H groups in total. The lowest BCUT2D eigenvalue weighted by Gasteiger charge is -2.48. The number of hydrogen-bond donors (Lipinski definition) is 1. The highest BCUT2D eigenvalue weighted by atomic mass is 35.5. The molecule has 3 rings (SSSR count). The number of nitrogens with one attached hydrogen (secondary N) is 1. The van der Waals surface area contributed by atoms with Gasteiger partial charge in [-0.3, -0.25) is 0 Å². The van der Waals surface area contributed by atoms with Crippen LogP contribution in [0.2, 0.25) is 5.02 Å². The van der Waals surface area contributed by atoms with Gasteiger partial charge < -0.3 is 15.8 Å². The van der Waals surface area contributed by atoms with Crippen LogP contribution in [0.5, 0.6) is 0 Å². The average Bonchev–Trinajstić information content (AvgIpc) is 2.66. The standard InChI is InChI=1S/C9H9ClN5S/c10-6-1-2-7-9(14-16-13-7)8(6)11-5-15-4-3-12-15/h1-2,11H,3-5H2/q-1. The second kappa shape index (κ2) is 4.14. The fourth-order valence-corrected chi connectivity index (χ4v) is 2.30. The summed E-state index contributed by atoms with van der Waals surface area (Å²) in [7, 11) is 0. The number of nitrogens with zero attached hydrogens (tertiary/aromatic N) is 4. The van der Waals surface area contributed by atoms with Crippen LogP contribution in [0.25, 0.3) is 16.5 Å². The van der Waals surface area contributed by atoms with Crippen molar-refractivity contribution in [1.29, 1.82) is 0 Å². The van der Waals surface area contributed by atoms with Gasteiger partial charge in [0, 0.05) is 0 Å². The van der Waals surface area contributed by atoms with Crippen molar-refractivity contribution in [2.24, 2.45) is 0 Å². The van der Waals surface area contributed by atoms with Crippen molar-refractivity contribution < 1.29 is 0 Å². The van der Waals surface area contributed by atoms with Crippen molar-refractivity contribution in [2.45, 2.75) is 0 Å². The Bertz CT molecular complexity index is 510. The quantitative estimate of drug-likeness (QED) is 0.913. The van der Waals surface area contributed by atoms with E-state index in [1.807, 2.05) is 17.1 Å². The number of rotatable bonds is 3. The molecular weight excluding hydrogens is 246 g/mol. The Morgan fingerprint density at radius 3 is 3.12 bits per heavy atom. The van der Waals surface area contributed by atoms with Crippen LogP contribution >= 0.6 is 23.3 Å². The summed E-state index contributed by atoms with van der Waals surface area (Å²) in [5, 5.41) is 5.87. The Morgan fingerprint density at radius 2 is 2.38 bits per heavy atom. The van der Waals surface area contributed by atoms with Gasteiger partial charge in [0.15, 0.2) is 0 Å². The molecule has 1 aliphatic rings. The van der Waals surface area contributed by atoms with Crippen LogP contribution < -0.4 is 5.32 Å². The van der Waals surface area contributed by atoms with Crippen molar-refractivity contribution in [3.63, 3.8) is 0 Å². The number of halogens is 1. The third-order valence-electron chi connectivity index (χ3n) is 2.47. The van der Waals surface area contributed by atoms with E-state index in [2.05, 4.69) is 19.5 Å². The molecule has 5 nitrogen and oxygen atoms in total. The smallest absolute Gasteiger partial charge is 0.129 e. The van der Waals surface area contributed by atoms with Gasteiger partial charge in [-0.1, -0.05) is 11.6 Å². The largest absolute Gasteiger partial charge is 0.592 e. The first-order valence-electron chi connectivity index (χ1n) is 4.91. The Kier molecular flexibility index (Phi) is 2.64. The molecule has 0 aliphatic carbocycles. The second-order valence-corrected chi connectivity index (χ2v) is 4.42. The Labute approximate surface area is 102 Å². The predicted molar refractivity (Wildman–Crippen MR) is 65.8 cm³/mol. The van der Waals surface area contributed by atoms with Crippen molar-refractivity contribution in [2.75, 3.05) is 25.1 Å². The molecule has 1 saturated heterocycles. The lowest BCUT2D eigenvalue weighted by Crippen LogP contribution is -2.37. The third-order valence-corrected chi connectivity index (χ3v) is 3.33. The van der Waals surface area contributed by atoms with Gasteiger partial charge in [0.05, 0.1) is 29.1 Å². The van der Waals surface area contributed by atoms with E-state index in [0.717, 1.165) is 29.8 Å². The molecule has 0 atom stereocenters. The summed E-state index contributed by atoms with van der Waals surface area (Å²) < 4.78 is 8.41. The van der Waals surface area contributed by atoms with E-state index in [-0.39, 0.29) is 0 Å². The van der Waals surface area contributed by atoms with Gasteiger partial charge in [0.2, 0.25) is 0 Å². The Balaban J connectivity index is 1.87. The van der Waals surface area contributed by atoms with Crippen LogP contribution in [0.4, 0.5) is 5.69 Å². The number of fused-ring (bicyclic) bond motifs is 1. The first-order chi connectivity index (χ1) is 7.84. The minimum absolute atomic E-state index is 0.663. The fourth-order valence-electron chi connectivity index (χ4n) is 1.54. The Hall–Kier alpha value is -0.950. The highest BCUT2D eigenvalue weighted by Crippen LogP contribution is 2.30. The van der Waals surface area contributed by atoms with E-state index >= 15 is 0 Å². The van der Waals surface area contributed by atoms with Gasteiger partial charge in [-0.15, -0.1) is 6.54 Å². The summed E-state index contributed by atoms with van der Waals surface area (Å²) in [6, 6.07) is 3.71. The zero-order valence-electron chi connectivity index (χ0n) is 8.35. The van der Waals surface area contributed by atoms with Crippen molar-refractivity contribution in [3.05, 3.63) is 22.6 Å². The topological polar surface area (TPSA) is 55.2 Å². The van der Waals surface area contributed by atoms with Crippen LogP contribution in [-0.4, -0.2) is 33.5 Å². The minimum atomic E-state index is 0.663. The molecule has 2 aromatic rings. The number of aromatic nitrogens is 2. The molecule has 0 amide bonds. The van der Waals surface area contributed by atoms with Crippen LogP contribution in [0.15, 0.2) is 12.1 Å². The molecule has 84 valence electrons. The van der Waals surface area contributed by atoms with Gasteiger partial charge in [-0.25, -0.2) is 0 Å². The molecule has 16 heavy (non-hydrogen) atoms. The van der Waals surface area contributed by atoms with E-state index < -0.39 is 0 Å². The van der Waals surface area contributed by atoms with E-state index in [1.165, 1.54) is 11.7 Å². The highest BCUT2D eigenvalue weighted by Gasteiger charge is 2.10. The predicted octanol–water partition coefficient (Wildman–Crippen LogP) is 2.32. The number of hydrogen-bond acceptors (Lipinski definition) is 5. The first-order valence-corrected chi connectivity index (χ1v) is 6.02. The fraction of sp³-hybridized carbons (Fsp3) is 0.333. The molecule has 0 spiro atoms. The van der Waals surface area contributed by atoms with Gasteiger partial charge >= 0.3 is 0 Å². The van der Waals surface area contributed by atoms with Gasteiger partial charge in [0.1, 0.15) is 11.0 Å². The van der Waals surface area contributed by atoms with Crippen LogP contribution in [-0.2, 0) is 0 Å². The zero-order valence-corrected chi connectivity index (χ0v) is 9.92. The summed E-state index contributed by atoms with van der Waals surface area (Å²) in [5.41, 5.74) is 6.72. The third kappa shape index (κ3) is 1.73. The van der Waals surface area contributed by atoms with E-state index in [1.54, 1.807) is 0 Å². The maximum atomic E-state index is 6.13. The highest BCUT2D eigenvalue weighted by molar-refractivity contribution is 7.00. The molecule has 0 saturated carbocycles. The molecule has 1 fully saturated rings. The summed E-state index contributed by atoms with van der Waals surface area (Å²) in [5.74, 6) is 0. The molecule has 0 radical (unpaired) electrons. The van der Waals surface area contributed by atoms with Crippen LogP contribution in [0, 0.1) is 0 Å². The van der Waals surface area contributed by atoms with Crippen molar-refractivity contribution in [1.82, 2.24) is 13.8 Å². The maximum Gasteiger partial charge on any atom is 0.129 e. The van der Waals surface area contributed by atoms with Crippen LogP contribution in [0.1, 0.15) is 0 Å². The molecule has 1 aromatic heterocycles. The summed E-state index contributed by atoms with van der Waals surface area (Å²) in [6.45, 7) is 2.57. The normalized spacial score (nSPS) is 16.3. The van der Waals surface area contributed by atoms with Crippen molar-refractivity contribution in [3.8, 4) is 0 Å². The van der Waals surface area contributed by atoms with E-state index in [0.29, 0.717) is 11.7 Å². The molecule has 0 bridgehead atoms. The second-order valence-electron chi connectivity index (χ2n) is 3.48. The van der Waals surface area contributed by atoms with E-state index in [9.17, 15) is 0 Å². The van der Waals surface area contributed by atoms with Gasteiger partial charge in [-0.2, -0.15) is 8.75 Å². The molecule has 0 unspecified atom stereocenters. The molecular formula is C9H9ClN5S-. The van der Waals surface area contributed by atoms with Crippen molar-refractivity contribution >= 4 is 40.0 Å². The maximum absolute atomic E-state index is 6.13. The van der Waals surface area contributed by atoms with Gasteiger partial charge in [-0.05, 0) is 18.7 Å². The molecule has 1 aromatic carbocycles. The lowest BCUT2D eigenvalue weighted by atomic mass is 10.2. The summed E-state index contributed by atoms with van der Waals surface area (Å²) in [6.07, 6.45) is 0. The summed E-state index contributed by atoms with van der Waals surface area (Å²) >= 11 is 7.32. The first kappa shape index (κ1) is 10.2. The zero-order chi connectivity index (χ0) is 11.0. The molecule has 2 heterocycles. The van der Waals surface area contributed by atoms with E-state index in [4.69, 9.17) is 11.6 Å². The molecule has 7 heteroatoms. The van der Waals surface area contributed by atoms with Crippen LogP contribution in [0.3, 0.4) is 0 Å². The summed E-state index contributed by atoms with van der Waals surface area (Å²) in [4.78, 5) is 0. The minimum Gasteiger partial charge on any atom is -0.592 e. The molecule has 1 aliphatic heterocycles. The van der Waals surface area contributed by atoms with Gasteiger partial charge in [0.25, 0.3) is 0 Å². The lowest BCUT2D eigenvalue weighted by molar-refractivity contribution is 0.301. The Morgan fingerprint density at radius 1 is 1.50 bits per heavy atom. The number of anilines is 1. The SMILES string of the molecule is Clc1ccc2nsnc2c1NCN1CC[N-]1. The monoisotopic (exact) mass is 254 g/mol.